The van der Waals surface area contributed by atoms with Crippen LogP contribution in [-0.4, -0.2) is 131 Å². The predicted molar refractivity (Wildman–Crippen MR) is 194 cm³/mol. The molecule has 3 aliphatic rings. The number of phenolic OH excluding ortho intramolecular Hbond substituents is 3. The highest BCUT2D eigenvalue weighted by Crippen LogP contribution is 2.54. The molecule has 0 aliphatic carbocycles. The Morgan fingerprint density at radius 1 is 0.536 bits per heavy atom. The zero-order chi connectivity index (χ0) is 39.8. The zero-order valence-corrected chi connectivity index (χ0v) is 29.5. The fraction of sp³-hybridized carbons (Fsp3) is 0.350. The number of fused-ring (bicyclic) bond motifs is 1. The van der Waals surface area contributed by atoms with E-state index in [0.717, 1.165) is 5.56 Å². The van der Waals surface area contributed by atoms with Crippen LogP contribution in [0.15, 0.2) is 78.9 Å². The average molecular weight is 779 g/mol. The number of ether oxygens (including phenoxy) is 5. The first kappa shape index (κ1) is 39.3. The van der Waals surface area contributed by atoms with Gasteiger partial charge < -0.3 is 79.9 Å². The van der Waals surface area contributed by atoms with Gasteiger partial charge >= 0.3 is 0 Å². The Morgan fingerprint density at radius 3 is 1.55 bits per heavy atom. The number of rotatable bonds is 10. The molecule has 0 saturated carbocycles. The highest BCUT2D eigenvalue weighted by atomic mass is 16.7. The number of aliphatic hydroxyl groups is 8. The molecule has 3 aliphatic heterocycles. The summed E-state index contributed by atoms with van der Waals surface area (Å²) < 4.78 is 28.7. The van der Waals surface area contributed by atoms with Crippen molar-refractivity contribution in [1.82, 2.24) is 0 Å². The summed E-state index contributed by atoms with van der Waals surface area (Å²) in [5, 5.41) is 112. The van der Waals surface area contributed by atoms with Crippen LogP contribution in [0.4, 0.5) is 0 Å². The van der Waals surface area contributed by atoms with Crippen molar-refractivity contribution in [1.29, 1.82) is 0 Å². The standard InChI is InChI=1S/C40H42O16/c41-16-28-32(46)34(48)36(50)39(55-28)52-24-7-3-18(4-8-24)1-2-19-11-26(45)31-27(12-19)54-38(30(31)21-13-22(43)15-23(44)14-21)20-5-9-25(10-6-20)53-40-37(51)35(49)33(47)29(17-42)56-40/h1-15,28-30,32-51H,16-17H2/b2-1+/t28-,29-,30-,32-,33-,34+,35+,36-,37-,38+,39-,40-/m0/s1. The van der Waals surface area contributed by atoms with Crippen molar-refractivity contribution in [3.05, 3.63) is 107 Å². The van der Waals surface area contributed by atoms with E-state index in [2.05, 4.69) is 0 Å². The molecule has 0 spiro atoms. The Balaban J connectivity index is 1.10. The van der Waals surface area contributed by atoms with E-state index in [1.807, 2.05) is 0 Å². The molecular formula is C40H42O16. The van der Waals surface area contributed by atoms with Crippen molar-refractivity contribution in [2.45, 2.75) is 73.4 Å². The van der Waals surface area contributed by atoms with Gasteiger partial charge in [-0.2, -0.15) is 0 Å². The highest BCUT2D eigenvalue weighted by Gasteiger charge is 2.46. The molecule has 298 valence electrons. The summed E-state index contributed by atoms with van der Waals surface area (Å²) in [7, 11) is 0. The number of phenols is 3. The first-order chi connectivity index (χ1) is 26.8. The molecule has 0 aromatic heterocycles. The Morgan fingerprint density at radius 2 is 1.04 bits per heavy atom. The van der Waals surface area contributed by atoms with Crippen LogP contribution in [0, 0.1) is 0 Å². The third kappa shape index (κ3) is 7.85. The average Bonchev–Trinajstić information content (AvgIpc) is 3.58. The summed E-state index contributed by atoms with van der Waals surface area (Å²) in [4.78, 5) is 0. The molecule has 12 atom stereocenters. The van der Waals surface area contributed by atoms with Crippen LogP contribution in [0.2, 0.25) is 0 Å². The lowest BCUT2D eigenvalue weighted by Crippen LogP contribution is -2.60. The quantitative estimate of drug-likeness (QED) is 0.0985. The molecule has 16 heteroatoms. The van der Waals surface area contributed by atoms with Gasteiger partial charge in [-0.1, -0.05) is 36.4 Å². The Kier molecular flexibility index (Phi) is 11.4. The first-order valence-electron chi connectivity index (χ1n) is 17.7. The normalized spacial score (nSPS) is 31.5. The Labute approximate surface area is 319 Å². The Hall–Kier alpha value is -4.98. The summed E-state index contributed by atoms with van der Waals surface area (Å²) in [6, 6.07) is 20.5. The van der Waals surface area contributed by atoms with Crippen LogP contribution < -0.4 is 14.2 Å². The second-order valence-corrected chi connectivity index (χ2v) is 13.9. The lowest BCUT2D eigenvalue weighted by molar-refractivity contribution is -0.277. The van der Waals surface area contributed by atoms with Crippen molar-refractivity contribution in [2.24, 2.45) is 0 Å². The topological polar surface area (TPSA) is 269 Å². The van der Waals surface area contributed by atoms with Crippen LogP contribution in [0.25, 0.3) is 12.2 Å². The summed E-state index contributed by atoms with van der Waals surface area (Å²) in [5.74, 6) is -0.342. The minimum Gasteiger partial charge on any atom is -0.508 e. The van der Waals surface area contributed by atoms with Gasteiger partial charge in [0.15, 0.2) is 0 Å². The van der Waals surface area contributed by atoms with Gasteiger partial charge in [-0.05, 0) is 70.8 Å². The number of benzene rings is 4. The molecule has 56 heavy (non-hydrogen) atoms. The smallest absolute Gasteiger partial charge is 0.229 e. The molecule has 3 heterocycles. The fourth-order valence-electron chi connectivity index (χ4n) is 7.08. The first-order valence-corrected chi connectivity index (χ1v) is 17.7. The van der Waals surface area contributed by atoms with Crippen LogP contribution in [0.3, 0.4) is 0 Å². The number of aromatic hydroxyl groups is 3. The third-order valence-corrected chi connectivity index (χ3v) is 10.1. The minimum atomic E-state index is -1.62. The SMILES string of the molecule is OC[C@@H]1O[C@H](Oc2ccc(/C=C/c3cc(O)c4c(c3)O[C@H](c3ccc(O[C@H]5O[C@@H](CO)[C@H](O)[C@@H](O)[C@@H]5O)cc3)[C@H]4c3cc(O)cc(O)c3)cc2)[C@@H](O)[C@H](O)[C@H]1O. The van der Waals surface area contributed by atoms with Crippen molar-refractivity contribution in [3.63, 3.8) is 0 Å². The molecule has 11 N–H and O–H groups in total. The van der Waals surface area contributed by atoms with Gasteiger partial charge in [0, 0.05) is 11.6 Å². The minimum absolute atomic E-state index is 0.108. The molecule has 0 amide bonds. The summed E-state index contributed by atoms with van der Waals surface area (Å²) >= 11 is 0. The van der Waals surface area contributed by atoms with Gasteiger partial charge in [0.25, 0.3) is 0 Å². The van der Waals surface area contributed by atoms with Crippen molar-refractivity contribution in [2.75, 3.05) is 13.2 Å². The van der Waals surface area contributed by atoms with Gasteiger partial charge in [0.2, 0.25) is 12.6 Å². The summed E-state index contributed by atoms with van der Waals surface area (Å²) in [6.45, 7) is -1.20. The monoisotopic (exact) mass is 778 g/mol. The molecule has 4 aromatic rings. The maximum atomic E-state index is 11.4. The Bertz CT molecular complexity index is 1980. The number of hydrogen-bond acceptors (Lipinski definition) is 16. The van der Waals surface area contributed by atoms with Crippen LogP contribution >= 0.6 is 0 Å². The molecule has 0 bridgehead atoms. The van der Waals surface area contributed by atoms with Crippen LogP contribution in [0.1, 0.15) is 39.8 Å². The zero-order valence-electron chi connectivity index (χ0n) is 29.5. The second-order valence-electron chi connectivity index (χ2n) is 13.9. The highest BCUT2D eigenvalue weighted by molar-refractivity contribution is 5.73. The summed E-state index contributed by atoms with van der Waals surface area (Å²) in [6.07, 6.45) is -11.6. The predicted octanol–water partition coefficient (Wildman–Crippen LogP) is 0.597. The molecule has 0 unspecified atom stereocenters. The summed E-state index contributed by atoms with van der Waals surface area (Å²) in [5.41, 5.74) is 2.78. The molecule has 4 aromatic carbocycles. The maximum Gasteiger partial charge on any atom is 0.229 e. The van der Waals surface area contributed by atoms with E-state index in [9.17, 15) is 56.2 Å². The van der Waals surface area contributed by atoms with Crippen LogP contribution in [0.5, 0.6) is 34.5 Å². The number of aliphatic hydroxyl groups excluding tert-OH is 8. The van der Waals surface area contributed by atoms with Crippen molar-refractivity contribution < 1.29 is 79.9 Å². The third-order valence-electron chi connectivity index (χ3n) is 10.1. The maximum absolute atomic E-state index is 11.4. The van der Waals surface area contributed by atoms with E-state index in [1.165, 1.54) is 18.2 Å². The lowest BCUT2D eigenvalue weighted by Gasteiger charge is -2.39. The van der Waals surface area contributed by atoms with Crippen LogP contribution in [-0.2, 0) is 9.47 Å². The van der Waals surface area contributed by atoms with Gasteiger partial charge in [-0.3, -0.25) is 0 Å². The van der Waals surface area contributed by atoms with Gasteiger partial charge in [0.05, 0.1) is 19.1 Å². The molecular weight excluding hydrogens is 736 g/mol. The molecule has 7 rings (SSSR count). The largest absolute Gasteiger partial charge is 0.508 e. The molecule has 16 nitrogen and oxygen atoms in total. The van der Waals surface area contributed by atoms with E-state index in [0.29, 0.717) is 33.8 Å². The van der Waals surface area contributed by atoms with E-state index >= 15 is 0 Å². The fourth-order valence-corrected chi connectivity index (χ4v) is 7.08. The van der Waals surface area contributed by atoms with E-state index in [1.54, 1.807) is 72.8 Å². The molecule has 2 fully saturated rings. The second kappa shape index (κ2) is 16.2. The van der Waals surface area contributed by atoms with Gasteiger partial charge in [0.1, 0.15) is 89.4 Å². The van der Waals surface area contributed by atoms with Gasteiger partial charge in [-0.15, -0.1) is 0 Å². The molecule has 2 saturated heterocycles. The number of hydrogen-bond donors (Lipinski definition) is 11. The van der Waals surface area contributed by atoms with E-state index < -0.39 is 86.6 Å². The van der Waals surface area contributed by atoms with E-state index in [-0.39, 0.29) is 23.0 Å². The van der Waals surface area contributed by atoms with E-state index in [4.69, 9.17) is 23.7 Å². The van der Waals surface area contributed by atoms with Gasteiger partial charge in [-0.25, -0.2) is 0 Å². The van der Waals surface area contributed by atoms with Crippen molar-refractivity contribution in [3.8, 4) is 34.5 Å². The lowest BCUT2D eigenvalue weighted by atomic mass is 9.84. The van der Waals surface area contributed by atoms with Crippen molar-refractivity contribution >= 4 is 12.2 Å². The molecule has 0 radical (unpaired) electrons.